The quantitative estimate of drug-likeness (QED) is 0.901. The summed E-state index contributed by atoms with van der Waals surface area (Å²) in [5.41, 5.74) is 1.24. The van der Waals surface area contributed by atoms with E-state index in [-0.39, 0.29) is 5.91 Å². The molecule has 1 aromatic heterocycles. The third kappa shape index (κ3) is 3.62. The van der Waals surface area contributed by atoms with E-state index in [9.17, 15) is 4.79 Å². The molecule has 20 heavy (non-hydrogen) atoms. The molecule has 0 aliphatic heterocycles. The maximum absolute atomic E-state index is 11.7. The first-order valence-corrected chi connectivity index (χ1v) is 6.82. The van der Waals surface area contributed by atoms with Crippen LogP contribution in [-0.4, -0.2) is 17.4 Å². The maximum Gasteiger partial charge on any atom is 0.252 e. The zero-order chi connectivity index (χ0) is 14.5. The van der Waals surface area contributed by atoms with Crippen LogP contribution in [0.15, 0.2) is 36.5 Å². The van der Waals surface area contributed by atoms with E-state index in [2.05, 4.69) is 15.6 Å². The average Bonchev–Trinajstić information content (AvgIpc) is 2.43. The standard InChI is InChI=1S/C14H13Cl2N3O/c1-2-17-14(20)9-7-12(16)13(18-8-9)19-11-5-3-10(15)4-6-11/h3-8H,2H2,1H3,(H,17,20)(H,18,19). The number of anilines is 2. The number of aromatic nitrogens is 1. The molecule has 0 radical (unpaired) electrons. The summed E-state index contributed by atoms with van der Waals surface area (Å²) in [6, 6.07) is 8.75. The van der Waals surface area contributed by atoms with Gasteiger partial charge in [0, 0.05) is 23.5 Å². The third-order valence-electron chi connectivity index (χ3n) is 2.55. The molecule has 0 fully saturated rings. The second-order valence-corrected chi connectivity index (χ2v) is 4.89. The molecule has 0 unspecified atom stereocenters. The Morgan fingerprint density at radius 2 is 1.95 bits per heavy atom. The molecule has 6 heteroatoms. The van der Waals surface area contributed by atoms with Gasteiger partial charge in [-0.1, -0.05) is 23.2 Å². The Morgan fingerprint density at radius 3 is 2.55 bits per heavy atom. The average molecular weight is 310 g/mol. The molecule has 0 aliphatic rings. The molecule has 4 nitrogen and oxygen atoms in total. The first-order valence-electron chi connectivity index (χ1n) is 6.06. The van der Waals surface area contributed by atoms with Gasteiger partial charge >= 0.3 is 0 Å². The number of halogens is 2. The van der Waals surface area contributed by atoms with Crippen molar-refractivity contribution in [1.29, 1.82) is 0 Å². The fourth-order valence-corrected chi connectivity index (χ4v) is 1.93. The number of rotatable bonds is 4. The molecule has 1 aromatic carbocycles. The van der Waals surface area contributed by atoms with Gasteiger partial charge in [-0.15, -0.1) is 0 Å². The van der Waals surface area contributed by atoms with Gasteiger partial charge in [-0.3, -0.25) is 4.79 Å². The van der Waals surface area contributed by atoms with Crippen LogP contribution < -0.4 is 10.6 Å². The predicted octanol–water partition coefficient (Wildman–Crippen LogP) is 3.88. The summed E-state index contributed by atoms with van der Waals surface area (Å²) in [5, 5.41) is 6.79. The number of pyridine rings is 1. The van der Waals surface area contributed by atoms with Crippen molar-refractivity contribution in [3.8, 4) is 0 Å². The van der Waals surface area contributed by atoms with Crippen molar-refractivity contribution in [3.05, 3.63) is 52.1 Å². The monoisotopic (exact) mass is 309 g/mol. The Hall–Kier alpha value is -1.78. The fraction of sp³-hybridized carbons (Fsp3) is 0.143. The van der Waals surface area contributed by atoms with Crippen molar-refractivity contribution in [3.63, 3.8) is 0 Å². The Kier molecular flexibility index (Phi) is 4.82. The molecule has 1 amide bonds. The van der Waals surface area contributed by atoms with Gasteiger partial charge in [-0.25, -0.2) is 4.98 Å². The number of benzene rings is 1. The topological polar surface area (TPSA) is 54.0 Å². The fourth-order valence-electron chi connectivity index (χ4n) is 1.59. The molecule has 1 heterocycles. The van der Waals surface area contributed by atoms with Crippen molar-refractivity contribution >= 4 is 40.6 Å². The van der Waals surface area contributed by atoms with Crippen LogP contribution in [0.25, 0.3) is 0 Å². The molecular weight excluding hydrogens is 297 g/mol. The third-order valence-corrected chi connectivity index (χ3v) is 3.09. The van der Waals surface area contributed by atoms with Gasteiger partial charge in [0.2, 0.25) is 0 Å². The Morgan fingerprint density at radius 1 is 1.25 bits per heavy atom. The highest BCUT2D eigenvalue weighted by atomic mass is 35.5. The van der Waals surface area contributed by atoms with Crippen LogP contribution in [0.1, 0.15) is 17.3 Å². The number of hydrogen-bond donors (Lipinski definition) is 2. The van der Waals surface area contributed by atoms with Crippen molar-refractivity contribution in [2.75, 3.05) is 11.9 Å². The first kappa shape index (κ1) is 14.6. The van der Waals surface area contributed by atoms with Gasteiger partial charge in [-0.05, 0) is 37.3 Å². The summed E-state index contributed by atoms with van der Waals surface area (Å²) in [6.45, 7) is 2.41. The molecule has 0 bridgehead atoms. The molecule has 2 N–H and O–H groups in total. The van der Waals surface area contributed by atoms with E-state index < -0.39 is 0 Å². The molecule has 104 valence electrons. The van der Waals surface area contributed by atoms with Crippen LogP contribution in [0.4, 0.5) is 11.5 Å². The van der Waals surface area contributed by atoms with Crippen LogP contribution in [0, 0.1) is 0 Å². The molecule has 2 rings (SSSR count). The van der Waals surface area contributed by atoms with E-state index in [0.29, 0.717) is 28.0 Å². The number of nitrogens with one attached hydrogen (secondary N) is 2. The van der Waals surface area contributed by atoms with Crippen LogP contribution in [-0.2, 0) is 0 Å². The normalized spacial score (nSPS) is 10.2. The number of carbonyl (C=O) groups excluding carboxylic acids is 1. The lowest BCUT2D eigenvalue weighted by molar-refractivity contribution is 0.0955. The lowest BCUT2D eigenvalue weighted by Gasteiger charge is -2.09. The molecule has 0 aliphatic carbocycles. The molecule has 0 saturated carbocycles. The number of carbonyl (C=O) groups is 1. The van der Waals surface area contributed by atoms with E-state index in [4.69, 9.17) is 23.2 Å². The summed E-state index contributed by atoms with van der Waals surface area (Å²) in [4.78, 5) is 15.8. The Bertz CT molecular complexity index is 614. The van der Waals surface area contributed by atoms with Crippen LogP contribution in [0.3, 0.4) is 0 Å². The van der Waals surface area contributed by atoms with Crippen LogP contribution >= 0.6 is 23.2 Å². The summed E-state index contributed by atoms with van der Waals surface area (Å²) in [5.74, 6) is 0.294. The molecule has 2 aromatic rings. The van der Waals surface area contributed by atoms with Crippen molar-refractivity contribution in [1.82, 2.24) is 10.3 Å². The summed E-state index contributed by atoms with van der Waals surface area (Å²) in [7, 11) is 0. The van der Waals surface area contributed by atoms with Gasteiger partial charge in [0.25, 0.3) is 5.91 Å². The largest absolute Gasteiger partial charge is 0.352 e. The van der Waals surface area contributed by atoms with Gasteiger partial charge in [0.1, 0.15) is 5.82 Å². The lowest BCUT2D eigenvalue weighted by atomic mass is 10.2. The van der Waals surface area contributed by atoms with Gasteiger partial charge in [0.15, 0.2) is 0 Å². The number of nitrogens with zero attached hydrogens (tertiary/aromatic N) is 1. The van der Waals surface area contributed by atoms with Gasteiger partial charge in [-0.2, -0.15) is 0 Å². The van der Waals surface area contributed by atoms with E-state index in [1.807, 2.05) is 19.1 Å². The maximum atomic E-state index is 11.7. The summed E-state index contributed by atoms with van der Waals surface area (Å²) in [6.07, 6.45) is 1.48. The Balaban J connectivity index is 2.17. The van der Waals surface area contributed by atoms with Crippen molar-refractivity contribution in [2.45, 2.75) is 6.92 Å². The van der Waals surface area contributed by atoms with Crippen LogP contribution in [0.5, 0.6) is 0 Å². The summed E-state index contributed by atoms with van der Waals surface area (Å²) >= 11 is 11.9. The van der Waals surface area contributed by atoms with E-state index >= 15 is 0 Å². The highest BCUT2D eigenvalue weighted by Gasteiger charge is 2.09. The predicted molar refractivity (Wildman–Crippen MR) is 82.0 cm³/mol. The zero-order valence-electron chi connectivity index (χ0n) is 10.8. The molecule has 0 atom stereocenters. The van der Waals surface area contributed by atoms with Crippen molar-refractivity contribution < 1.29 is 4.79 Å². The zero-order valence-corrected chi connectivity index (χ0v) is 12.3. The molecule has 0 saturated heterocycles. The SMILES string of the molecule is CCNC(=O)c1cnc(Nc2ccc(Cl)cc2)c(Cl)c1. The second kappa shape index (κ2) is 6.59. The smallest absolute Gasteiger partial charge is 0.252 e. The lowest BCUT2D eigenvalue weighted by Crippen LogP contribution is -2.22. The van der Waals surface area contributed by atoms with E-state index in [1.54, 1.807) is 18.2 Å². The minimum Gasteiger partial charge on any atom is -0.352 e. The van der Waals surface area contributed by atoms with Gasteiger partial charge in [0.05, 0.1) is 10.6 Å². The van der Waals surface area contributed by atoms with Gasteiger partial charge < -0.3 is 10.6 Å². The molecular formula is C14H13Cl2N3O. The highest BCUT2D eigenvalue weighted by Crippen LogP contribution is 2.24. The van der Waals surface area contributed by atoms with Crippen LogP contribution in [0.2, 0.25) is 10.0 Å². The van der Waals surface area contributed by atoms with E-state index in [0.717, 1.165) is 5.69 Å². The minimum absolute atomic E-state index is 0.194. The molecule has 0 spiro atoms. The Labute approximate surface area is 127 Å². The minimum atomic E-state index is -0.194. The first-order chi connectivity index (χ1) is 9.60. The van der Waals surface area contributed by atoms with Crippen molar-refractivity contribution in [2.24, 2.45) is 0 Å². The number of amides is 1. The number of hydrogen-bond acceptors (Lipinski definition) is 3. The van der Waals surface area contributed by atoms with E-state index in [1.165, 1.54) is 6.20 Å². The highest BCUT2D eigenvalue weighted by molar-refractivity contribution is 6.33. The summed E-state index contributed by atoms with van der Waals surface area (Å²) < 4.78 is 0. The second-order valence-electron chi connectivity index (χ2n) is 4.05.